The van der Waals surface area contributed by atoms with Crippen LogP contribution in [0.1, 0.15) is 33.6 Å². The normalized spacial score (nSPS) is 23.6. The lowest BCUT2D eigenvalue weighted by Gasteiger charge is -2.40. The first kappa shape index (κ1) is 14.1. The summed E-state index contributed by atoms with van der Waals surface area (Å²) in [5, 5.41) is 3.54. The van der Waals surface area contributed by atoms with Crippen LogP contribution in [0.5, 0.6) is 0 Å². The van der Waals surface area contributed by atoms with Gasteiger partial charge >= 0.3 is 0 Å². The zero-order valence-electron chi connectivity index (χ0n) is 12.1. The lowest BCUT2D eigenvalue weighted by atomic mass is 10.1. The Morgan fingerprint density at radius 2 is 2.16 bits per heavy atom. The van der Waals surface area contributed by atoms with Crippen molar-refractivity contribution in [2.24, 2.45) is 0 Å². The van der Waals surface area contributed by atoms with E-state index in [-0.39, 0.29) is 5.56 Å². The van der Waals surface area contributed by atoms with Crippen LogP contribution in [-0.2, 0) is 6.54 Å². The third kappa shape index (κ3) is 2.81. The molecule has 19 heavy (non-hydrogen) atoms. The number of aromatic nitrogens is 2. The van der Waals surface area contributed by atoms with E-state index in [2.05, 4.69) is 29.0 Å². The molecule has 2 heterocycles. The Morgan fingerprint density at radius 3 is 2.79 bits per heavy atom. The second kappa shape index (κ2) is 6.19. The summed E-state index contributed by atoms with van der Waals surface area (Å²) >= 11 is 0. The van der Waals surface area contributed by atoms with Gasteiger partial charge in [-0.05, 0) is 19.8 Å². The van der Waals surface area contributed by atoms with Crippen LogP contribution in [0.3, 0.4) is 0 Å². The highest BCUT2D eigenvalue weighted by Gasteiger charge is 2.28. The van der Waals surface area contributed by atoms with Crippen molar-refractivity contribution >= 4 is 5.82 Å². The Hall–Kier alpha value is -1.36. The molecule has 0 bridgehead atoms. The van der Waals surface area contributed by atoms with Crippen LogP contribution in [0.15, 0.2) is 17.2 Å². The topological polar surface area (TPSA) is 50.2 Å². The van der Waals surface area contributed by atoms with E-state index in [0.29, 0.717) is 24.4 Å². The van der Waals surface area contributed by atoms with Crippen LogP contribution >= 0.6 is 0 Å². The molecule has 0 radical (unpaired) electrons. The SMILES string of the molecule is CCC1CN(c2nccn(CC)c2=O)C(CC)CN1. The highest BCUT2D eigenvalue weighted by atomic mass is 16.1. The third-order valence-corrected chi connectivity index (χ3v) is 3.97. The van der Waals surface area contributed by atoms with E-state index in [1.165, 1.54) is 0 Å². The molecule has 0 spiro atoms. The molecule has 1 aliphatic heterocycles. The van der Waals surface area contributed by atoms with Gasteiger partial charge in [0.1, 0.15) is 0 Å². The van der Waals surface area contributed by atoms with Crippen molar-refractivity contribution in [2.45, 2.75) is 52.2 Å². The van der Waals surface area contributed by atoms with Crippen LogP contribution in [0.4, 0.5) is 5.82 Å². The minimum atomic E-state index is 0.0280. The first-order valence-corrected chi connectivity index (χ1v) is 7.26. The van der Waals surface area contributed by atoms with E-state index < -0.39 is 0 Å². The predicted molar refractivity (Wildman–Crippen MR) is 77.7 cm³/mol. The Labute approximate surface area is 114 Å². The molecule has 0 aromatic carbocycles. The highest BCUT2D eigenvalue weighted by Crippen LogP contribution is 2.16. The van der Waals surface area contributed by atoms with E-state index in [4.69, 9.17) is 0 Å². The average molecular weight is 264 g/mol. The minimum absolute atomic E-state index is 0.0280. The van der Waals surface area contributed by atoms with E-state index >= 15 is 0 Å². The number of hydrogen-bond acceptors (Lipinski definition) is 4. The molecule has 1 saturated heterocycles. The molecule has 0 amide bonds. The molecule has 1 fully saturated rings. The number of anilines is 1. The minimum Gasteiger partial charge on any atom is -0.346 e. The van der Waals surface area contributed by atoms with Gasteiger partial charge in [0.25, 0.3) is 5.56 Å². The molecule has 0 saturated carbocycles. The number of hydrogen-bond donors (Lipinski definition) is 1. The molecule has 5 heteroatoms. The molecule has 106 valence electrons. The number of aryl methyl sites for hydroxylation is 1. The van der Waals surface area contributed by atoms with E-state index in [9.17, 15) is 4.79 Å². The number of nitrogens with one attached hydrogen (secondary N) is 1. The van der Waals surface area contributed by atoms with E-state index in [1.807, 2.05) is 6.92 Å². The maximum Gasteiger partial charge on any atom is 0.293 e. The summed E-state index contributed by atoms with van der Waals surface area (Å²) in [5.74, 6) is 0.608. The van der Waals surface area contributed by atoms with Crippen molar-refractivity contribution in [3.05, 3.63) is 22.7 Å². The molecule has 2 unspecified atom stereocenters. The molecule has 5 nitrogen and oxygen atoms in total. The second-order valence-corrected chi connectivity index (χ2v) is 5.07. The van der Waals surface area contributed by atoms with Gasteiger partial charge in [-0.15, -0.1) is 0 Å². The Kier molecular flexibility index (Phi) is 4.58. The van der Waals surface area contributed by atoms with E-state index in [0.717, 1.165) is 25.9 Å². The van der Waals surface area contributed by atoms with Gasteiger partial charge in [0.05, 0.1) is 0 Å². The summed E-state index contributed by atoms with van der Waals surface area (Å²) in [6.07, 6.45) is 5.58. The Balaban J connectivity index is 2.34. The second-order valence-electron chi connectivity index (χ2n) is 5.07. The van der Waals surface area contributed by atoms with Crippen molar-refractivity contribution in [2.75, 3.05) is 18.0 Å². The summed E-state index contributed by atoms with van der Waals surface area (Å²) < 4.78 is 1.72. The first-order valence-electron chi connectivity index (χ1n) is 7.26. The third-order valence-electron chi connectivity index (χ3n) is 3.97. The van der Waals surface area contributed by atoms with Gasteiger partial charge in [0, 0.05) is 44.1 Å². The molecular formula is C14H24N4O. The number of piperazine rings is 1. The number of nitrogens with zero attached hydrogens (tertiary/aromatic N) is 3. The van der Waals surface area contributed by atoms with E-state index in [1.54, 1.807) is 17.0 Å². The summed E-state index contributed by atoms with van der Waals surface area (Å²) in [6, 6.07) is 0.801. The van der Waals surface area contributed by atoms with Crippen LogP contribution in [0.25, 0.3) is 0 Å². The van der Waals surface area contributed by atoms with Crippen molar-refractivity contribution in [3.8, 4) is 0 Å². The average Bonchev–Trinajstić information content (AvgIpc) is 2.47. The lowest BCUT2D eigenvalue weighted by molar-refractivity contribution is 0.375. The lowest BCUT2D eigenvalue weighted by Crippen LogP contribution is -2.57. The van der Waals surface area contributed by atoms with Gasteiger partial charge in [-0.3, -0.25) is 4.79 Å². The predicted octanol–water partition coefficient (Wildman–Crippen LogP) is 1.23. The fourth-order valence-corrected chi connectivity index (χ4v) is 2.64. The molecular weight excluding hydrogens is 240 g/mol. The molecule has 1 aliphatic rings. The highest BCUT2D eigenvalue weighted by molar-refractivity contribution is 5.38. The van der Waals surface area contributed by atoms with Gasteiger partial charge in [0.15, 0.2) is 5.82 Å². The van der Waals surface area contributed by atoms with Crippen molar-refractivity contribution in [1.29, 1.82) is 0 Å². The van der Waals surface area contributed by atoms with Gasteiger partial charge < -0.3 is 14.8 Å². The van der Waals surface area contributed by atoms with Crippen molar-refractivity contribution in [1.82, 2.24) is 14.9 Å². The van der Waals surface area contributed by atoms with Crippen LogP contribution in [0.2, 0.25) is 0 Å². The van der Waals surface area contributed by atoms with Crippen molar-refractivity contribution in [3.63, 3.8) is 0 Å². The summed E-state index contributed by atoms with van der Waals surface area (Å²) in [5.41, 5.74) is 0.0280. The van der Waals surface area contributed by atoms with Gasteiger partial charge in [-0.2, -0.15) is 0 Å². The maximum absolute atomic E-state index is 12.4. The molecule has 2 rings (SSSR count). The van der Waals surface area contributed by atoms with Crippen LogP contribution < -0.4 is 15.8 Å². The summed E-state index contributed by atoms with van der Waals surface area (Å²) in [7, 11) is 0. The van der Waals surface area contributed by atoms with Gasteiger partial charge in [-0.1, -0.05) is 13.8 Å². The van der Waals surface area contributed by atoms with Gasteiger partial charge in [-0.25, -0.2) is 4.98 Å². The fourth-order valence-electron chi connectivity index (χ4n) is 2.64. The molecule has 0 aliphatic carbocycles. The zero-order chi connectivity index (χ0) is 13.8. The summed E-state index contributed by atoms with van der Waals surface area (Å²) in [4.78, 5) is 18.9. The standard InChI is InChI=1S/C14H24N4O/c1-4-11-10-18(12(5-2)9-16-11)13-14(19)17(6-3)8-7-15-13/h7-8,11-12,16H,4-6,9-10H2,1-3H3. The summed E-state index contributed by atoms with van der Waals surface area (Å²) in [6.45, 7) is 8.80. The maximum atomic E-state index is 12.4. The molecule has 1 aromatic heterocycles. The Bertz CT molecular complexity index is 471. The quantitative estimate of drug-likeness (QED) is 0.888. The van der Waals surface area contributed by atoms with Gasteiger partial charge in [0.2, 0.25) is 0 Å². The molecule has 2 atom stereocenters. The van der Waals surface area contributed by atoms with Crippen LogP contribution in [-0.4, -0.2) is 34.7 Å². The largest absolute Gasteiger partial charge is 0.346 e. The van der Waals surface area contributed by atoms with Crippen molar-refractivity contribution < 1.29 is 0 Å². The Morgan fingerprint density at radius 1 is 1.37 bits per heavy atom. The fraction of sp³-hybridized carbons (Fsp3) is 0.714. The first-order chi connectivity index (χ1) is 9.21. The number of rotatable bonds is 4. The molecule has 1 aromatic rings. The monoisotopic (exact) mass is 264 g/mol. The molecule has 1 N–H and O–H groups in total. The smallest absolute Gasteiger partial charge is 0.293 e. The van der Waals surface area contributed by atoms with Crippen LogP contribution in [0, 0.1) is 0 Å². The zero-order valence-corrected chi connectivity index (χ0v) is 12.1.